The molecule has 13 heteroatoms. The Balaban J connectivity index is 0.848. The monoisotopic (exact) mass is 827 g/mol. The highest BCUT2D eigenvalue weighted by Crippen LogP contribution is 2.39. The smallest absolute Gasteiger partial charge is 0.410 e. The number of aromatic amines is 1. The molecule has 0 radical (unpaired) electrons. The third-order valence-electron chi connectivity index (χ3n) is 12.8. The minimum Gasteiger partial charge on any atom is -0.506 e. The molecule has 4 aliphatic heterocycles. The molecule has 1 aromatic heterocycles. The molecule has 13 nitrogen and oxygen atoms in total. The number of rotatable bonds is 13. The van der Waals surface area contributed by atoms with Crippen LogP contribution in [0.5, 0.6) is 5.75 Å². The van der Waals surface area contributed by atoms with Crippen molar-refractivity contribution in [3.05, 3.63) is 147 Å². The zero-order valence-corrected chi connectivity index (χ0v) is 34.4. The number of aromatic nitrogens is 1. The number of carbonyl (C=O) groups is 3. The number of piperidine rings is 4. The lowest BCUT2D eigenvalue weighted by Gasteiger charge is -2.46. The SMILES string of the molecule is COC(=O)N(Cc1ccc(CNCC(O)c2ccc(O)c3[nH]c(=O)ccc23)cc1)Cc1ccc(C(=O)N2CCC(C(=O)O[C@H]3CN4CCC3CC4)(c3ccccc3)CC2)cc1. The van der Waals surface area contributed by atoms with Crippen molar-refractivity contribution in [2.24, 2.45) is 5.92 Å². The van der Waals surface area contributed by atoms with Crippen molar-refractivity contribution in [3.63, 3.8) is 0 Å². The molecule has 9 rings (SSSR count). The maximum atomic E-state index is 14.1. The van der Waals surface area contributed by atoms with Gasteiger partial charge in [0.25, 0.3) is 5.91 Å². The molecule has 2 amide bonds. The first-order chi connectivity index (χ1) is 29.6. The quantitative estimate of drug-likeness (QED) is 0.109. The topological polar surface area (TPSA) is 165 Å². The highest BCUT2D eigenvalue weighted by Gasteiger charge is 2.47. The average Bonchev–Trinajstić information content (AvgIpc) is 3.30. The number of nitrogens with one attached hydrogen (secondary N) is 2. The predicted octanol–water partition coefficient (Wildman–Crippen LogP) is 5.64. The van der Waals surface area contributed by atoms with Gasteiger partial charge in [-0.15, -0.1) is 0 Å². The Morgan fingerprint density at radius 3 is 2.15 bits per heavy atom. The van der Waals surface area contributed by atoms with E-state index < -0.39 is 17.6 Å². The van der Waals surface area contributed by atoms with Crippen molar-refractivity contribution in [3.8, 4) is 5.75 Å². The number of amides is 2. The van der Waals surface area contributed by atoms with E-state index in [4.69, 9.17) is 9.47 Å². The predicted molar refractivity (Wildman–Crippen MR) is 230 cm³/mol. The number of aliphatic hydroxyl groups is 1. The molecule has 4 aliphatic rings. The van der Waals surface area contributed by atoms with Crippen LogP contribution in [0.1, 0.15) is 70.0 Å². The molecule has 0 spiro atoms. The standard InChI is InChI=1S/C48H53N5O8/c1-60-47(59)53(29-33-9-7-32(8-10-33)27-49-28-41(55)38-15-17-40(54)44-39(38)16-18-43(56)50-44)30-34-11-13-36(14-12-34)45(57)52-25-21-48(22-26-52,37-5-3-2-4-6-37)46(58)61-42-31-51-23-19-35(42)20-24-51/h2-18,35,41-42,49,54-55H,19-31H2,1H3,(H,50,56)/t41?,42-/m0/s1. The zero-order valence-electron chi connectivity index (χ0n) is 34.4. The second-order valence-electron chi connectivity index (χ2n) is 16.6. The first kappa shape index (κ1) is 41.7. The molecule has 0 aliphatic carbocycles. The number of H-pyrrole nitrogens is 1. The Morgan fingerprint density at radius 1 is 0.852 bits per heavy atom. The van der Waals surface area contributed by atoms with Gasteiger partial charge >= 0.3 is 12.1 Å². The first-order valence-electron chi connectivity index (χ1n) is 21.1. The first-order valence-corrected chi connectivity index (χ1v) is 21.1. The number of nitrogens with zero attached hydrogens (tertiary/aromatic N) is 3. The molecule has 5 heterocycles. The molecule has 2 atom stereocenters. The largest absolute Gasteiger partial charge is 0.506 e. The number of hydrogen-bond donors (Lipinski definition) is 4. The number of carbonyl (C=O) groups excluding carboxylic acids is 3. The van der Waals surface area contributed by atoms with Crippen LogP contribution in [0, 0.1) is 5.92 Å². The number of ether oxygens (including phenoxy) is 2. The zero-order chi connectivity index (χ0) is 42.5. The number of phenols is 1. The summed E-state index contributed by atoms with van der Waals surface area (Å²) in [4.78, 5) is 60.9. The van der Waals surface area contributed by atoms with Crippen LogP contribution in [0.15, 0.2) is 108 Å². The fraction of sp³-hybridized carbons (Fsp3) is 0.375. The van der Waals surface area contributed by atoms with E-state index in [0.717, 1.165) is 54.7 Å². The second kappa shape index (κ2) is 18.3. The molecule has 4 saturated heterocycles. The van der Waals surface area contributed by atoms with Crippen LogP contribution in [0.3, 0.4) is 0 Å². The second-order valence-corrected chi connectivity index (χ2v) is 16.6. The number of methoxy groups -OCH3 is 1. The van der Waals surface area contributed by atoms with Crippen LogP contribution < -0.4 is 10.9 Å². The molecular weight excluding hydrogens is 775 g/mol. The minimum atomic E-state index is -0.879. The number of esters is 1. The fourth-order valence-corrected chi connectivity index (χ4v) is 9.22. The number of fused-ring (bicyclic) bond motifs is 4. The van der Waals surface area contributed by atoms with Gasteiger partial charge in [0, 0.05) is 62.8 Å². The summed E-state index contributed by atoms with van der Waals surface area (Å²) >= 11 is 0. The van der Waals surface area contributed by atoms with E-state index in [1.165, 1.54) is 19.2 Å². The molecule has 61 heavy (non-hydrogen) atoms. The number of benzene rings is 4. The van der Waals surface area contributed by atoms with Gasteiger partial charge in [0.2, 0.25) is 5.56 Å². The van der Waals surface area contributed by atoms with Crippen molar-refractivity contribution in [1.29, 1.82) is 0 Å². The highest BCUT2D eigenvalue weighted by atomic mass is 16.5. The van der Waals surface area contributed by atoms with E-state index >= 15 is 0 Å². The summed E-state index contributed by atoms with van der Waals surface area (Å²) in [6.07, 6.45) is 1.66. The van der Waals surface area contributed by atoms with Gasteiger partial charge in [-0.3, -0.25) is 24.2 Å². The number of hydrogen-bond acceptors (Lipinski definition) is 10. The molecule has 1 unspecified atom stereocenters. The summed E-state index contributed by atoms with van der Waals surface area (Å²) in [7, 11) is 1.35. The lowest BCUT2D eigenvalue weighted by molar-refractivity contribution is -0.167. The van der Waals surface area contributed by atoms with Crippen LogP contribution in [0.2, 0.25) is 0 Å². The maximum Gasteiger partial charge on any atom is 0.410 e. The Bertz CT molecular complexity index is 2390. The molecule has 318 valence electrons. The summed E-state index contributed by atoms with van der Waals surface area (Å²) in [5.41, 5.74) is 3.93. The molecule has 4 fully saturated rings. The molecular formula is C48H53N5O8. The average molecular weight is 828 g/mol. The van der Waals surface area contributed by atoms with E-state index in [1.54, 1.807) is 29.2 Å². The molecule has 2 bridgehead atoms. The van der Waals surface area contributed by atoms with Gasteiger partial charge in [-0.2, -0.15) is 0 Å². The number of aliphatic hydroxyl groups excluding tert-OH is 1. The van der Waals surface area contributed by atoms with Crippen molar-refractivity contribution in [2.45, 2.75) is 62.9 Å². The lowest BCUT2D eigenvalue weighted by Crippen LogP contribution is -2.55. The maximum absolute atomic E-state index is 14.1. The summed E-state index contributed by atoms with van der Waals surface area (Å²) < 4.78 is 11.4. The number of pyridine rings is 1. The molecule has 5 aromatic rings. The van der Waals surface area contributed by atoms with Crippen molar-refractivity contribution < 1.29 is 34.1 Å². The minimum absolute atomic E-state index is 0.0619. The van der Waals surface area contributed by atoms with E-state index in [2.05, 4.69) is 15.2 Å². The van der Waals surface area contributed by atoms with Crippen molar-refractivity contribution >= 4 is 28.9 Å². The molecule has 4 N–H and O–H groups in total. The van der Waals surface area contributed by atoms with Crippen LogP contribution in [0.25, 0.3) is 10.9 Å². The van der Waals surface area contributed by atoms with Crippen molar-refractivity contribution in [2.75, 3.05) is 46.4 Å². The summed E-state index contributed by atoms with van der Waals surface area (Å²) in [5.74, 6) is 0.0808. The Morgan fingerprint density at radius 2 is 1.51 bits per heavy atom. The highest BCUT2D eigenvalue weighted by molar-refractivity contribution is 5.95. The van der Waals surface area contributed by atoms with Gasteiger partial charge in [0.15, 0.2) is 0 Å². The lowest BCUT2D eigenvalue weighted by atomic mass is 9.72. The number of aromatic hydroxyl groups is 1. The van der Waals surface area contributed by atoms with Crippen LogP contribution in [-0.4, -0.2) is 100 Å². The summed E-state index contributed by atoms with van der Waals surface area (Å²) in [6, 6.07) is 31.0. The Hall–Kier alpha value is -6.02. The van der Waals surface area contributed by atoms with Gasteiger partial charge in [-0.05, 0) is 96.8 Å². The molecule has 0 saturated carbocycles. The summed E-state index contributed by atoms with van der Waals surface area (Å²) in [5, 5.41) is 24.9. The third-order valence-corrected chi connectivity index (χ3v) is 12.8. The van der Waals surface area contributed by atoms with Gasteiger partial charge < -0.3 is 34.9 Å². The third kappa shape index (κ3) is 9.19. The van der Waals surface area contributed by atoms with Gasteiger partial charge in [0.1, 0.15) is 11.9 Å². The number of likely N-dealkylation sites (tertiary alicyclic amines) is 1. The van der Waals surface area contributed by atoms with E-state index in [0.29, 0.717) is 61.5 Å². The van der Waals surface area contributed by atoms with E-state index in [9.17, 15) is 29.4 Å². The van der Waals surface area contributed by atoms with Crippen molar-refractivity contribution in [1.82, 2.24) is 25.0 Å². The van der Waals surface area contributed by atoms with Gasteiger partial charge in [0.05, 0.1) is 24.1 Å². The normalized spacial score (nSPS) is 19.9. The van der Waals surface area contributed by atoms with E-state index in [1.807, 2.05) is 71.6 Å². The Kier molecular flexibility index (Phi) is 12.5. The van der Waals surface area contributed by atoms with E-state index in [-0.39, 0.29) is 47.9 Å². The van der Waals surface area contributed by atoms with Gasteiger partial charge in [-0.1, -0.05) is 72.8 Å². The van der Waals surface area contributed by atoms with Crippen LogP contribution in [0.4, 0.5) is 4.79 Å². The van der Waals surface area contributed by atoms with Gasteiger partial charge in [-0.25, -0.2) is 4.79 Å². The van der Waals surface area contributed by atoms with Crippen LogP contribution >= 0.6 is 0 Å². The molecule has 4 aromatic carbocycles. The summed E-state index contributed by atoms with van der Waals surface area (Å²) in [6.45, 7) is 5.10. The Labute approximate surface area is 354 Å². The fourth-order valence-electron chi connectivity index (χ4n) is 9.22. The van der Waals surface area contributed by atoms with Crippen LogP contribution in [-0.2, 0) is 39.3 Å². The number of phenolic OH excluding ortho intramolecular Hbond substituents is 1.